The van der Waals surface area contributed by atoms with Gasteiger partial charge in [-0.3, -0.25) is 4.79 Å². The van der Waals surface area contributed by atoms with Crippen LogP contribution in [0.25, 0.3) is 0 Å². The molecule has 0 spiro atoms. The first-order valence-electron chi connectivity index (χ1n) is 5.74. The van der Waals surface area contributed by atoms with Crippen molar-refractivity contribution in [3.05, 3.63) is 24.3 Å². The molecule has 1 rings (SSSR count). The summed E-state index contributed by atoms with van der Waals surface area (Å²) in [6.07, 6.45) is 0.513. The standard InChI is InChI=1S/C13H18BrNO3/c1-15(13(16)7-8-14)9-10-18-12-5-3-11(17-2)4-6-12/h3-6H,7-10H2,1-2H3. The summed E-state index contributed by atoms with van der Waals surface area (Å²) in [7, 11) is 3.41. The van der Waals surface area contributed by atoms with Crippen molar-refractivity contribution in [3.8, 4) is 11.5 Å². The van der Waals surface area contributed by atoms with Crippen LogP contribution >= 0.6 is 15.9 Å². The second-order valence-corrected chi connectivity index (χ2v) is 4.57. The maximum Gasteiger partial charge on any atom is 0.223 e. The molecule has 0 radical (unpaired) electrons. The summed E-state index contributed by atoms with van der Waals surface area (Å²) in [5.74, 6) is 1.69. The molecule has 4 nitrogen and oxygen atoms in total. The summed E-state index contributed by atoms with van der Waals surface area (Å²) >= 11 is 3.25. The number of benzene rings is 1. The molecule has 5 heteroatoms. The van der Waals surface area contributed by atoms with Crippen molar-refractivity contribution in [1.82, 2.24) is 4.90 Å². The molecule has 0 N–H and O–H groups in total. The Balaban J connectivity index is 2.30. The van der Waals surface area contributed by atoms with Gasteiger partial charge in [-0.1, -0.05) is 15.9 Å². The summed E-state index contributed by atoms with van der Waals surface area (Å²) in [5.41, 5.74) is 0. The van der Waals surface area contributed by atoms with E-state index in [4.69, 9.17) is 9.47 Å². The van der Waals surface area contributed by atoms with Gasteiger partial charge in [-0.05, 0) is 24.3 Å². The fraction of sp³-hybridized carbons (Fsp3) is 0.462. The lowest BCUT2D eigenvalue weighted by Gasteiger charge is -2.17. The number of carbonyl (C=O) groups is 1. The van der Waals surface area contributed by atoms with Gasteiger partial charge >= 0.3 is 0 Å². The lowest BCUT2D eigenvalue weighted by molar-refractivity contribution is -0.129. The average molecular weight is 316 g/mol. The molecule has 1 amide bonds. The topological polar surface area (TPSA) is 38.8 Å². The Kier molecular flexibility index (Phi) is 6.57. The number of ether oxygens (including phenoxy) is 2. The van der Waals surface area contributed by atoms with Crippen LogP contribution in [0.1, 0.15) is 6.42 Å². The van der Waals surface area contributed by atoms with Crippen molar-refractivity contribution in [2.45, 2.75) is 6.42 Å². The Labute approximate surface area is 116 Å². The summed E-state index contributed by atoms with van der Waals surface area (Å²) in [6, 6.07) is 7.38. The number of likely N-dealkylation sites (N-methyl/N-ethyl adjacent to an activating group) is 1. The minimum Gasteiger partial charge on any atom is -0.497 e. The molecule has 0 atom stereocenters. The van der Waals surface area contributed by atoms with E-state index in [2.05, 4.69) is 15.9 Å². The number of halogens is 1. The van der Waals surface area contributed by atoms with Crippen molar-refractivity contribution in [2.24, 2.45) is 0 Å². The maximum absolute atomic E-state index is 11.5. The SMILES string of the molecule is COc1ccc(OCCN(C)C(=O)CCBr)cc1. The van der Waals surface area contributed by atoms with Gasteiger partial charge in [-0.2, -0.15) is 0 Å². The summed E-state index contributed by atoms with van der Waals surface area (Å²) in [5, 5.41) is 0.690. The highest BCUT2D eigenvalue weighted by Crippen LogP contribution is 2.16. The van der Waals surface area contributed by atoms with E-state index in [0.29, 0.717) is 24.9 Å². The van der Waals surface area contributed by atoms with Crippen LogP contribution < -0.4 is 9.47 Å². The zero-order valence-corrected chi connectivity index (χ0v) is 12.3. The predicted octanol–water partition coefficient (Wildman–Crippen LogP) is 2.32. The number of amides is 1. The normalized spacial score (nSPS) is 9.94. The van der Waals surface area contributed by atoms with Crippen LogP contribution in [0.4, 0.5) is 0 Å². The molecule has 0 aliphatic rings. The number of rotatable bonds is 7. The fourth-order valence-corrected chi connectivity index (χ4v) is 1.71. The summed E-state index contributed by atoms with van der Waals surface area (Å²) in [4.78, 5) is 13.2. The Bertz CT molecular complexity index is 367. The molecule has 100 valence electrons. The lowest BCUT2D eigenvalue weighted by Crippen LogP contribution is -2.30. The molecular formula is C13H18BrNO3. The molecule has 0 saturated heterocycles. The van der Waals surface area contributed by atoms with Gasteiger partial charge < -0.3 is 14.4 Å². The molecule has 18 heavy (non-hydrogen) atoms. The summed E-state index contributed by atoms with van der Waals surface area (Å²) < 4.78 is 10.6. The van der Waals surface area contributed by atoms with Gasteiger partial charge in [0.05, 0.1) is 13.7 Å². The highest BCUT2D eigenvalue weighted by Gasteiger charge is 2.07. The molecule has 0 unspecified atom stereocenters. The number of methoxy groups -OCH3 is 1. The number of carbonyl (C=O) groups excluding carboxylic acids is 1. The largest absolute Gasteiger partial charge is 0.497 e. The van der Waals surface area contributed by atoms with Gasteiger partial charge in [-0.25, -0.2) is 0 Å². The first-order chi connectivity index (χ1) is 8.67. The highest BCUT2D eigenvalue weighted by atomic mass is 79.9. The zero-order chi connectivity index (χ0) is 13.4. The highest BCUT2D eigenvalue weighted by molar-refractivity contribution is 9.09. The molecule has 0 heterocycles. The third-order valence-electron chi connectivity index (χ3n) is 2.49. The average Bonchev–Trinajstić information content (AvgIpc) is 2.39. The zero-order valence-electron chi connectivity index (χ0n) is 10.7. The molecule has 0 aliphatic carbocycles. The van der Waals surface area contributed by atoms with Gasteiger partial charge in [0.2, 0.25) is 5.91 Å². The smallest absolute Gasteiger partial charge is 0.223 e. The second-order valence-electron chi connectivity index (χ2n) is 3.78. The van der Waals surface area contributed by atoms with E-state index in [-0.39, 0.29) is 5.91 Å². The predicted molar refractivity (Wildman–Crippen MR) is 74.5 cm³/mol. The van der Waals surface area contributed by atoms with Crippen molar-refractivity contribution in [1.29, 1.82) is 0 Å². The van der Waals surface area contributed by atoms with Crippen LogP contribution in [0.5, 0.6) is 11.5 Å². The minimum atomic E-state index is 0.116. The molecule has 0 aromatic heterocycles. The third-order valence-corrected chi connectivity index (χ3v) is 2.89. The van der Waals surface area contributed by atoms with Gasteiger partial charge in [0.15, 0.2) is 0 Å². The van der Waals surface area contributed by atoms with Crippen LogP contribution in [0, 0.1) is 0 Å². The number of hydrogen-bond acceptors (Lipinski definition) is 3. The Morgan fingerprint density at radius 3 is 2.44 bits per heavy atom. The van der Waals surface area contributed by atoms with E-state index < -0.39 is 0 Å². The van der Waals surface area contributed by atoms with E-state index in [1.807, 2.05) is 24.3 Å². The molecule has 0 aliphatic heterocycles. The van der Waals surface area contributed by atoms with Crippen LogP contribution in [-0.4, -0.2) is 43.4 Å². The molecule has 0 fully saturated rings. The molecule has 0 saturated carbocycles. The summed E-state index contributed by atoms with van der Waals surface area (Å²) in [6.45, 7) is 1.06. The minimum absolute atomic E-state index is 0.116. The fourth-order valence-electron chi connectivity index (χ4n) is 1.37. The van der Waals surface area contributed by atoms with Gasteiger partial charge in [-0.15, -0.1) is 0 Å². The Morgan fingerprint density at radius 1 is 1.28 bits per heavy atom. The lowest BCUT2D eigenvalue weighted by atomic mass is 10.3. The van der Waals surface area contributed by atoms with E-state index in [9.17, 15) is 4.79 Å². The van der Waals surface area contributed by atoms with E-state index in [0.717, 1.165) is 11.5 Å². The molecule has 1 aromatic rings. The molecule has 0 bridgehead atoms. The van der Waals surface area contributed by atoms with Gasteiger partial charge in [0, 0.05) is 18.8 Å². The first-order valence-corrected chi connectivity index (χ1v) is 6.86. The Hall–Kier alpha value is -1.23. The quantitative estimate of drug-likeness (QED) is 0.725. The van der Waals surface area contributed by atoms with Crippen molar-refractivity contribution >= 4 is 21.8 Å². The van der Waals surface area contributed by atoms with Crippen LogP contribution in [0.3, 0.4) is 0 Å². The van der Waals surface area contributed by atoms with Gasteiger partial charge in [0.1, 0.15) is 18.1 Å². The van der Waals surface area contributed by atoms with Crippen molar-refractivity contribution < 1.29 is 14.3 Å². The van der Waals surface area contributed by atoms with E-state index in [1.165, 1.54) is 0 Å². The number of nitrogens with zero attached hydrogens (tertiary/aromatic N) is 1. The molecular weight excluding hydrogens is 298 g/mol. The van der Waals surface area contributed by atoms with Crippen molar-refractivity contribution in [3.63, 3.8) is 0 Å². The van der Waals surface area contributed by atoms with E-state index in [1.54, 1.807) is 19.1 Å². The third kappa shape index (κ3) is 4.96. The first kappa shape index (κ1) is 14.8. The van der Waals surface area contributed by atoms with Crippen LogP contribution in [0.15, 0.2) is 24.3 Å². The van der Waals surface area contributed by atoms with Gasteiger partial charge in [0.25, 0.3) is 0 Å². The monoisotopic (exact) mass is 315 g/mol. The number of hydrogen-bond donors (Lipinski definition) is 0. The molecule has 1 aromatic carbocycles. The maximum atomic E-state index is 11.5. The number of alkyl halides is 1. The van der Waals surface area contributed by atoms with E-state index >= 15 is 0 Å². The van der Waals surface area contributed by atoms with Crippen LogP contribution in [-0.2, 0) is 4.79 Å². The Morgan fingerprint density at radius 2 is 1.89 bits per heavy atom. The van der Waals surface area contributed by atoms with Crippen molar-refractivity contribution in [2.75, 3.05) is 32.6 Å². The van der Waals surface area contributed by atoms with Crippen LogP contribution in [0.2, 0.25) is 0 Å². The second kappa shape index (κ2) is 7.97.